The molecule has 3 aromatic rings. The second-order valence-corrected chi connectivity index (χ2v) is 8.26. The minimum Gasteiger partial charge on any atom is -0.448 e. The molecule has 2 saturated carbocycles. The van der Waals surface area contributed by atoms with Crippen molar-refractivity contribution in [1.82, 2.24) is 20.6 Å². The van der Waals surface area contributed by atoms with Gasteiger partial charge in [0.15, 0.2) is 23.2 Å². The Kier molecular flexibility index (Phi) is 5.28. The first-order chi connectivity index (χ1) is 15.2. The van der Waals surface area contributed by atoms with Gasteiger partial charge in [-0.05, 0) is 37.7 Å². The number of nitrogens with one attached hydrogen (secondary N) is 2. The molecule has 0 unspecified atom stereocenters. The number of benzene rings is 1. The van der Waals surface area contributed by atoms with Crippen LogP contribution in [0, 0.1) is 0 Å². The topological polar surface area (TPSA) is 110 Å². The minimum atomic E-state index is -0.324. The van der Waals surface area contributed by atoms with E-state index in [9.17, 15) is 9.59 Å². The Hall–Kier alpha value is -3.42. The molecule has 0 spiro atoms. The third-order valence-corrected chi connectivity index (χ3v) is 5.53. The van der Waals surface area contributed by atoms with E-state index in [1.807, 2.05) is 30.3 Å². The van der Waals surface area contributed by atoms with Crippen LogP contribution in [0.15, 0.2) is 51.7 Å². The van der Waals surface area contributed by atoms with Crippen LogP contribution in [0.3, 0.4) is 0 Å². The highest BCUT2D eigenvalue weighted by Crippen LogP contribution is 2.39. The molecular formula is C23H24N4O4. The molecule has 2 heterocycles. The van der Waals surface area contributed by atoms with Crippen molar-refractivity contribution in [3.8, 4) is 0 Å². The highest BCUT2D eigenvalue weighted by molar-refractivity contribution is 5.93. The van der Waals surface area contributed by atoms with Gasteiger partial charge in [-0.2, -0.15) is 0 Å². The van der Waals surface area contributed by atoms with Crippen LogP contribution in [0.1, 0.15) is 75.8 Å². The van der Waals surface area contributed by atoms with Crippen LogP contribution in [0.5, 0.6) is 0 Å². The summed E-state index contributed by atoms with van der Waals surface area (Å²) in [4.78, 5) is 33.8. The lowest BCUT2D eigenvalue weighted by Crippen LogP contribution is -2.45. The Balaban J connectivity index is 1.23. The predicted octanol–water partition coefficient (Wildman–Crippen LogP) is 3.19. The number of carbonyl (C=O) groups is 2. The lowest BCUT2D eigenvalue weighted by Gasteiger charge is -2.19. The average Bonchev–Trinajstić information content (AvgIpc) is 3.72. The van der Waals surface area contributed by atoms with Gasteiger partial charge in [-0.25, -0.2) is 9.97 Å². The maximum atomic E-state index is 12.7. The van der Waals surface area contributed by atoms with Crippen LogP contribution in [-0.4, -0.2) is 34.4 Å². The summed E-state index contributed by atoms with van der Waals surface area (Å²) in [5, 5.41) is 5.84. The lowest BCUT2D eigenvalue weighted by atomic mass is 10.1. The number of rotatable bonds is 9. The standard InChI is InChI=1S/C23H24N4O4/c28-20(18-12-30-22(26-18)15-6-7-15)24-11-17(10-14-4-2-1-3-5-14)25-21(29)19-13-31-23(27-19)16-8-9-16/h1-5,12-13,15-17H,6-11H2,(H,24,28)(H,25,29)/t17-/m0/s1. The quantitative estimate of drug-likeness (QED) is 0.550. The summed E-state index contributed by atoms with van der Waals surface area (Å²) in [6.07, 6.45) is 7.56. The number of amides is 2. The average molecular weight is 420 g/mol. The molecule has 8 nitrogen and oxygen atoms in total. The van der Waals surface area contributed by atoms with Gasteiger partial charge in [0.2, 0.25) is 0 Å². The largest absolute Gasteiger partial charge is 0.448 e. The highest BCUT2D eigenvalue weighted by Gasteiger charge is 2.30. The van der Waals surface area contributed by atoms with Gasteiger partial charge in [-0.1, -0.05) is 30.3 Å². The van der Waals surface area contributed by atoms with Crippen LogP contribution < -0.4 is 10.6 Å². The molecule has 160 valence electrons. The molecule has 2 aliphatic carbocycles. The molecule has 0 bridgehead atoms. The number of aromatic nitrogens is 2. The second-order valence-electron chi connectivity index (χ2n) is 8.26. The molecule has 0 radical (unpaired) electrons. The number of carbonyl (C=O) groups excluding carboxylic acids is 2. The summed E-state index contributed by atoms with van der Waals surface area (Å²) in [6, 6.07) is 9.48. The Morgan fingerprint density at radius 3 is 2.06 bits per heavy atom. The van der Waals surface area contributed by atoms with Gasteiger partial charge in [0, 0.05) is 18.4 Å². The minimum absolute atomic E-state index is 0.248. The van der Waals surface area contributed by atoms with Crippen LogP contribution >= 0.6 is 0 Å². The van der Waals surface area contributed by atoms with Crippen molar-refractivity contribution in [2.24, 2.45) is 0 Å². The normalized spacial score (nSPS) is 16.6. The fourth-order valence-electron chi connectivity index (χ4n) is 3.46. The van der Waals surface area contributed by atoms with Crippen molar-refractivity contribution in [1.29, 1.82) is 0 Å². The summed E-state index contributed by atoms with van der Waals surface area (Å²) in [5.41, 5.74) is 1.58. The third kappa shape index (κ3) is 4.84. The Morgan fingerprint density at radius 1 is 0.903 bits per heavy atom. The summed E-state index contributed by atoms with van der Waals surface area (Å²) >= 11 is 0. The summed E-state index contributed by atoms with van der Waals surface area (Å²) in [5.74, 6) is 1.29. The van der Waals surface area contributed by atoms with Crippen molar-refractivity contribution >= 4 is 11.8 Å². The van der Waals surface area contributed by atoms with Crippen molar-refractivity contribution in [3.05, 3.63) is 71.6 Å². The van der Waals surface area contributed by atoms with E-state index in [1.54, 1.807) is 0 Å². The maximum absolute atomic E-state index is 12.7. The third-order valence-electron chi connectivity index (χ3n) is 5.53. The predicted molar refractivity (Wildman–Crippen MR) is 111 cm³/mol. The van der Waals surface area contributed by atoms with E-state index in [-0.39, 0.29) is 35.8 Å². The van der Waals surface area contributed by atoms with Crippen molar-refractivity contribution in [3.63, 3.8) is 0 Å². The van der Waals surface area contributed by atoms with Crippen LogP contribution in [0.2, 0.25) is 0 Å². The molecule has 2 fully saturated rings. The SMILES string of the molecule is O=C(NC[C@H](Cc1ccccc1)NC(=O)c1coc(C2CC2)n1)c1coc(C2CC2)n1. The van der Waals surface area contributed by atoms with E-state index in [0.29, 0.717) is 30.0 Å². The fourth-order valence-corrected chi connectivity index (χ4v) is 3.46. The first-order valence-corrected chi connectivity index (χ1v) is 10.7. The summed E-state index contributed by atoms with van der Waals surface area (Å²) in [7, 11) is 0. The summed E-state index contributed by atoms with van der Waals surface area (Å²) in [6.45, 7) is 0.248. The summed E-state index contributed by atoms with van der Waals surface area (Å²) < 4.78 is 10.8. The first-order valence-electron chi connectivity index (χ1n) is 10.7. The molecule has 2 N–H and O–H groups in total. The van der Waals surface area contributed by atoms with E-state index in [0.717, 1.165) is 31.2 Å². The zero-order valence-electron chi connectivity index (χ0n) is 17.0. The van der Waals surface area contributed by atoms with Gasteiger partial charge >= 0.3 is 0 Å². The van der Waals surface area contributed by atoms with Gasteiger partial charge in [0.25, 0.3) is 11.8 Å². The smallest absolute Gasteiger partial charge is 0.273 e. The van der Waals surface area contributed by atoms with E-state index in [4.69, 9.17) is 8.83 Å². The number of nitrogens with zero attached hydrogens (tertiary/aromatic N) is 2. The molecule has 0 aliphatic heterocycles. The van der Waals surface area contributed by atoms with Crippen LogP contribution in [-0.2, 0) is 6.42 Å². The zero-order chi connectivity index (χ0) is 21.2. The fraction of sp³-hybridized carbons (Fsp3) is 0.391. The van der Waals surface area contributed by atoms with Crippen LogP contribution in [0.25, 0.3) is 0 Å². The Labute approximate surface area is 179 Å². The lowest BCUT2D eigenvalue weighted by molar-refractivity contribution is 0.0903. The van der Waals surface area contributed by atoms with E-state index < -0.39 is 0 Å². The van der Waals surface area contributed by atoms with Gasteiger partial charge in [-0.3, -0.25) is 9.59 Å². The second kappa shape index (κ2) is 8.37. The maximum Gasteiger partial charge on any atom is 0.273 e. The Morgan fingerprint density at radius 2 is 1.48 bits per heavy atom. The van der Waals surface area contributed by atoms with Crippen molar-refractivity contribution < 1.29 is 18.4 Å². The molecule has 31 heavy (non-hydrogen) atoms. The number of hydrogen-bond donors (Lipinski definition) is 2. The molecule has 1 aromatic carbocycles. The van der Waals surface area contributed by atoms with Gasteiger partial charge in [-0.15, -0.1) is 0 Å². The van der Waals surface area contributed by atoms with Gasteiger partial charge in [0.1, 0.15) is 12.5 Å². The molecule has 2 aromatic heterocycles. The molecule has 5 rings (SSSR count). The van der Waals surface area contributed by atoms with E-state index >= 15 is 0 Å². The number of hydrogen-bond acceptors (Lipinski definition) is 6. The Bertz CT molecular complexity index is 1070. The molecule has 2 aliphatic rings. The highest BCUT2D eigenvalue weighted by atomic mass is 16.3. The van der Waals surface area contributed by atoms with E-state index in [2.05, 4.69) is 20.6 Å². The van der Waals surface area contributed by atoms with Crippen molar-refractivity contribution in [2.45, 2.75) is 50.0 Å². The zero-order valence-corrected chi connectivity index (χ0v) is 17.0. The van der Waals surface area contributed by atoms with Crippen molar-refractivity contribution in [2.75, 3.05) is 6.54 Å². The van der Waals surface area contributed by atoms with Crippen LogP contribution in [0.4, 0.5) is 0 Å². The van der Waals surface area contributed by atoms with Gasteiger partial charge < -0.3 is 19.5 Å². The molecule has 0 saturated heterocycles. The first kappa shape index (κ1) is 19.5. The molecular weight excluding hydrogens is 396 g/mol. The molecule has 8 heteroatoms. The molecule has 2 amide bonds. The molecule has 1 atom stereocenters. The van der Waals surface area contributed by atoms with Gasteiger partial charge in [0.05, 0.1) is 6.04 Å². The monoisotopic (exact) mass is 420 g/mol. The van der Waals surface area contributed by atoms with E-state index in [1.165, 1.54) is 12.5 Å². The number of oxazole rings is 2.